The average Bonchev–Trinajstić information content (AvgIpc) is 2.43. The molecule has 4 nitrogen and oxygen atoms in total. The summed E-state index contributed by atoms with van der Waals surface area (Å²) in [5.74, 6) is 0.980. The summed E-state index contributed by atoms with van der Waals surface area (Å²) in [6.07, 6.45) is 0. The zero-order valence-electron chi connectivity index (χ0n) is 10.9. The van der Waals surface area contributed by atoms with Gasteiger partial charge >= 0.3 is 0 Å². The number of rotatable bonds is 2. The molecule has 0 spiro atoms. The Labute approximate surface area is 125 Å². The summed E-state index contributed by atoms with van der Waals surface area (Å²) >= 11 is 3.53. The van der Waals surface area contributed by atoms with Gasteiger partial charge in [-0.05, 0) is 36.8 Å². The fourth-order valence-corrected chi connectivity index (χ4v) is 2.43. The SMILES string of the molecule is Cc1c(Br)cccc1Nc1nc(N)nc2ccccc12. The van der Waals surface area contributed by atoms with E-state index >= 15 is 0 Å². The van der Waals surface area contributed by atoms with Gasteiger partial charge in [0.2, 0.25) is 5.95 Å². The Morgan fingerprint density at radius 1 is 1.05 bits per heavy atom. The second-order valence-electron chi connectivity index (χ2n) is 4.48. The number of nitrogens with two attached hydrogens (primary N) is 1. The summed E-state index contributed by atoms with van der Waals surface area (Å²) in [4.78, 5) is 8.54. The molecule has 0 fully saturated rings. The zero-order chi connectivity index (χ0) is 14.1. The Kier molecular flexibility index (Phi) is 3.28. The normalized spacial score (nSPS) is 10.7. The van der Waals surface area contributed by atoms with Gasteiger partial charge in [0, 0.05) is 15.5 Å². The van der Waals surface area contributed by atoms with Gasteiger partial charge in [0.1, 0.15) is 5.82 Å². The second-order valence-corrected chi connectivity index (χ2v) is 5.34. The van der Waals surface area contributed by atoms with Crippen molar-refractivity contribution in [2.75, 3.05) is 11.1 Å². The minimum Gasteiger partial charge on any atom is -0.368 e. The van der Waals surface area contributed by atoms with E-state index in [1.807, 2.05) is 49.4 Å². The summed E-state index contributed by atoms with van der Waals surface area (Å²) in [6.45, 7) is 2.04. The number of anilines is 3. The van der Waals surface area contributed by atoms with Crippen molar-refractivity contribution in [1.29, 1.82) is 0 Å². The summed E-state index contributed by atoms with van der Waals surface area (Å²) < 4.78 is 1.05. The predicted octanol–water partition coefficient (Wildman–Crippen LogP) is 4.03. The van der Waals surface area contributed by atoms with Crippen LogP contribution in [0.1, 0.15) is 5.56 Å². The fraction of sp³-hybridized carbons (Fsp3) is 0.0667. The van der Waals surface area contributed by atoms with Crippen molar-refractivity contribution in [1.82, 2.24) is 9.97 Å². The predicted molar refractivity (Wildman–Crippen MR) is 86.1 cm³/mol. The quantitative estimate of drug-likeness (QED) is 0.745. The largest absolute Gasteiger partial charge is 0.368 e. The maximum Gasteiger partial charge on any atom is 0.222 e. The average molecular weight is 329 g/mol. The Morgan fingerprint density at radius 3 is 2.70 bits per heavy atom. The summed E-state index contributed by atoms with van der Waals surface area (Å²) in [5, 5.41) is 4.28. The molecule has 20 heavy (non-hydrogen) atoms. The molecular formula is C15H13BrN4. The molecule has 100 valence electrons. The number of nitrogens with zero attached hydrogens (tertiary/aromatic N) is 2. The number of benzene rings is 2. The Hall–Kier alpha value is -2.14. The highest BCUT2D eigenvalue weighted by atomic mass is 79.9. The highest BCUT2D eigenvalue weighted by molar-refractivity contribution is 9.10. The molecule has 0 atom stereocenters. The van der Waals surface area contributed by atoms with E-state index in [1.165, 1.54) is 0 Å². The molecule has 0 unspecified atom stereocenters. The molecule has 0 radical (unpaired) electrons. The van der Waals surface area contributed by atoms with E-state index in [1.54, 1.807) is 0 Å². The van der Waals surface area contributed by atoms with Gasteiger partial charge in [-0.2, -0.15) is 4.98 Å². The van der Waals surface area contributed by atoms with Crippen LogP contribution in [-0.2, 0) is 0 Å². The Morgan fingerprint density at radius 2 is 1.85 bits per heavy atom. The molecule has 5 heteroatoms. The Balaban J connectivity index is 2.13. The van der Waals surface area contributed by atoms with Crippen molar-refractivity contribution in [2.24, 2.45) is 0 Å². The fourth-order valence-electron chi connectivity index (χ4n) is 2.06. The number of aromatic nitrogens is 2. The first-order valence-corrected chi connectivity index (χ1v) is 6.99. The summed E-state index contributed by atoms with van der Waals surface area (Å²) in [5.41, 5.74) is 8.71. The van der Waals surface area contributed by atoms with Gasteiger partial charge in [0.05, 0.1) is 5.52 Å². The lowest BCUT2D eigenvalue weighted by Gasteiger charge is -2.12. The lowest BCUT2D eigenvalue weighted by atomic mass is 10.2. The van der Waals surface area contributed by atoms with Crippen LogP contribution in [0.5, 0.6) is 0 Å². The molecular weight excluding hydrogens is 316 g/mol. The van der Waals surface area contributed by atoms with Gasteiger partial charge in [-0.15, -0.1) is 0 Å². The van der Waals surface area contributed by atoms with Crippen molar-refractivity contribution in [3.8, 4) is 0 Å². The smallest absolute Gasteiger partial charge is 0.222 e. The number of hydrogen-bond donors (Lipinski definition) is 2. The minimum absolute atomic E-state index is 0.263. The second kappa shape index (κ2) is 5.09. The summed E-state index contributed by atoms with van der Waals surface area (Å²) in [6, 6.07) is 13.8. The van der Waals surface area contributed by atoms with Crippen LogP contribution in [0.2, 0.25) is 0 Å². The number of hydrogen-bond acceptors (Lipinski definition) is 4. The topological polar surface area (TPSA) is 63.8 Å². The van der Waals surface area contributed by atoms with Gasteiger partial charge in [-0.3, -0.25) is 0 Å². The van der Waals surface area contributed by atoms with Crippen LogP contribution >= 0.6 is 15.9 Å². The van der Waals surface area contributed by atoms with Crippen LogP contribution in [0.25, 0.3) is 10.9 Å². The van der Waals surface area contributed by atoms with E-state index < -0.39 is 0 Å². The minimum atomic E-state index is 0.263. The first-order chi connectivity index (χ1) is 9.65. The standard InChI is InChI=1S/C15H13BrN4/c1-9-11(16)6-4-8-12(9)18-14-10-5-2-3-7-13(10)19-15(17)20-14/h2-8H,1H3,(H3,17,18,19,20). The van der Waals surface area contributed by atoms with E-state index in [9.17, 15) is 0 Å². The third-order valence-corrected chi connectivity index (χ3v) is 4.00. The lowest BCUT2D eigenvalue weighted by Crippen LogP contribution is -2.02. The first-order valence-electron chi connectivity index (χ1n) is 6.19. The van der Waals surface area contributed by atoms with Gasteiger partial charge in [0.15, 0.2) is 0 Å². The number of nitrogen functional groups attached to an aromatic ring is 1. The van der Waals surface area contributed by atoms with Crippen LogP contribution in [0.4, 0.5) is 17.5 Å². The molecule has 3 aromatic rings. The van der Waals surface area contributed by atoms with Crippen molar-refractivity contribution in [2.45, 2.75) is 6.92 Å². The van der Waals surface area contributed by atoms with Gasteiger partial charge in [-0.1, -0.05) is 34.1 Å². The van der Waals surface area contributed by atoms with Gasteiger partial charge in [-0.25, -0.2) is 4.98 Å². The third-order valence-electron chi connectivity index (χ3n) is 3.14. The highest BCUT2D eigenvalue weighted by Gasteiger charge is 2.08. The van der Waals surface area contributed by atoms with E-state index in [0.29, 0.717) is 5.82 Å². The molecule has 1 aromatic heterocycles. The van der Waals surface area contributed by atoms with E-state index in [-0.39, 0.29) is 5.95 Å². The van der Waals surface area contributed by atoms with Crippen molar-refractivity contribution < 1.29 is 0 Å². The molecule has 0 aliphatic rings. The van der Waals surface area contributed by atoms with Gasteiger partial charge < -0.3 is 11.1 Å². The van der Waals surface area contributed by atoms with E-state index in [4.69, 9.17) is 5.73 Å². The van der Waals surface area contributed by atoms with Crippen LogP contribution in [0.3, 0.4) is 0 Å². The molecule has 2 aromatic carbocycles. The first kappa shape index (κ1) is 12.9. The highest BCUT2D eigenvalue weighted by Crippen LogP contribution is 2.29. The maximum absolute atomic E-state index is 5.77. The van der Waals surface area contributed by atoms with E-state index in [2.05, 4.69) is 31.2 Å². The maximum atomic E-state index is 5.77. The molecule has 0 bridgehead atoms. The number of para-hydroxylation sites is 1. The zero-order valence-corrected chi connectivity index (χ0v) is 12.5. The molecule has 0 saturated carbocycles. The lowest BCUT2D eigenvalue weighted by molar-refractivity contribution is 1.23. The molecule has 0 amide bonds. The third kappa shape index (κ3) is 2.32. The molecule has 0 aliphatic heterocycles. The van der Waals surface area contributed by atoms with Crippen LogP contribution in [-0.4, -0.2) is 9.97 Å². The number of nitrogens with one attached hydrogen (secondary N) is 1. The molecule has 0 aliphatic carbocycles. The molecule has 3 N–H and O–H groups in total. The van der Waals surface area contributed by atoms with Crippen molar-refractivity contribution >= 4 is 44.3 Å². The molecule has 3 rings (SSSR count). The molecule has 1 heterocycles. The number of fused-ring (bicyclic) bond motifs is 1. The van der Waals surface area contributed by atoms with Gasteiger partial charge in [0.25, 0.3) is 0 Å². The Bertz CT molecular complexity index is 786. The molecule has 0 saturated heterocycles. The van der Waals surface area contributed by atoms with E-state index in [0.717, 1.165) is 26.6 Å². The number of halogens is 1. The van der Waals surface area contributed by atoms with Crippen LogP contribution < -0.4 is 11.1 Å². The monoisotopic (exact) mass is 328 g/mol. The summed E-state index contributed by atoms with van der Waals surface area (Å²) in [7, 11) is 0. The van der Waals surface area contributed by atoms with Crippen molar-refractivity contribution in [3.63, 3.8) is 0 Å². The van der Waals surface area contributed by atoms with Crippen LogP contribution in [0, 0.1) is 6.92 Å². The van der Waals surface area contributed by atoms with Crippen LogP contribution in [0.15, 0.2) is 46.9 Å². The van der Waals surface area contributed by atoms with Crippen molar-refractivity contribution in [3.05, 3.63) is 52.5 Å².